The van der Waals surface area contributed by atoms with Crippen LogP contribution in [0.2, 0.25) is 0 Å². The van der Waals surface area contributed by atoms with Crippen LogP contribution in [-0.2, 0) is 11.2 Å². The molecule has 2 aliphatic rings. The molecule has 0 spiro atoms. The van der Waals surface area contributed by atoms with E-state index in [9.17, 15) is 4.79 Å². The van der Waals surface area contributed by atoms with E-state index in [-0.39, 0.29) is 5.91 Å². The average molecular weight is 286 g/mol. The van der Waals surface area contributed by atoms with E-state index in [1.165, 1.54) is 24.9 Å². The smallest absolute Gasteiger partial charge is 0.226 e. The van der Waals surface area contributed by atoms with Crippen molar-refractivity contribution in [1.82, 2.24) is 10.2 Å². The summed E-state index contributed by atoms with van der Waals surface area (Å²) in [5.41, 5.74) is 2.36. The summed E-state index contributed by atoms with van der Waals surface area (Å²) in [7, 11) is 0. The number of likely N-dealkylation sites (tertiary alicyclic amines) is 1. The molecule has 114 valence electrons. The van der Waals surface area contributed by atoms with Gasteiger partial charge in [0.2, 0.25) is 5.91 Å². The van der Waals surface area contributed by atoms with Crippen LogP contribution in [0.4, 0.5) is 0 Å². The molecule has 1 amide bonds. The van der Waals surface area contributed by atoms with Gasteiger partial charge in [-0.15, -0.1) is 0 Å². The van der Waals surface area contributed by atoms with Gasteiger partial charge >= 0.3 is 0 Å². The molecule has 3 rings (SSSR count). The van der Waals surface area contributed by atoms with Gasteiger partial charge in [-0.1, -0.05) is 29.8 Å². The first-order chi connectivity index (χ1) is 10.2. The van der Waals surface area contributed by atoms with Gasteiger partial charge in [0.25, 0.3) is 0 Å². The molecule has 0 bridgehead atoms. The average Bonchev–Trinajstić information content (AvgIpc) is 3.30. The van der Waals surface area contributed by atoms with Gasteiger partial charge in [0.15, 0.2) is 0 Å². The lowest BCUT2D eigenvalue weighted by Crippen LogP contribution is -2.45. The van der Waals surface area contributed by atoms with Crippen LogP contribution in [0.3, 0.4) is 0 Å². The van der Waals surface area contributed by atoms with Crippen LogP contribution in [0.1, 0.15) is 36.8 Å². The van der Waals surface area contributed by atoms with Gasteiger partial charge in [0.05, 0.1) is 6.42 Å². The number of nitrogens with zero attached hydrogens (tertiary/aromatic N) is 1. The van der Waals surface area contributed by atoms with Crippen molar-refractivity contribution in [2.24, 2.45) is 5.92 Å². The van der Waals surface area contributed by atoms with Crippen molar-refractivity contribution in [3.63, 3.8) is 0 Å². The maximum atomic E-state index is 12.4. The summed E-state index contributed by atoms with van der Waals surface area (Å²) in [6, 6.07) is 8.89. The number of nitrogens with one attached hydrogen (secondary N) is 1. The zero-order valence-electron chi connectivity index (χ0n) is 13.0. The third-order valence-electron chi connectivity index (χ3n) is 4.68. The maximum absolute atomic E-state index is 12.4. The van der Waals surface area contributed by atoms with Gasteiger partial charge in [-0.2, -0.15) is 0 Å². The fraction of sp³-hybridized carbons (Fsp3) is 0.611. The molecule has 1 saturated heterocycles. The Morgan fingerprint density at radius 2 is 2.00 bits per heavy atom. The molecule has 3 heteroatoms. The molecule has 3 nitrogen and oxygen atoms in total. The maximum Gasteiger partial charge on any atom is 0.226 e. The Morgan fingerprint density at radius 3 is 2.67 bits per heavy atom. The van der Waals surface area contributed by atoms with Crippen molar-refractivity contribution in [3.8, 4) is 0 Å². The number of benzene rings is 1. The largest absolute Gasteiger partial charge is 0.342 e. The quantitative estimate of drug-likeness (QED) is 0.902. The fourth-order valence-electron chi connectivity index (χ4n) is 3.10. The Labute approximate surface area is 127 Å². The van der Waals surface area contributed by atoms with Gasteiger partial charge in [0, 0.05) is 19.1 Å². The molecule has 21 heavy (non-hydrogen) atoms. The molecule has 1 N–H and O–H groups in total. The van der Waals surface area contributed by atoms with Gasteiger partial charge in [-0.3, -0.25) is 4.79 Å². The summed E-state index contributed by atoms with van der Waals surface area (Å²) in [6.07, 6.45) is 5.56. The molecule has 0 atom stereocenters. The molecular weight excluding hydrogens is 260 g/mol. The molecule has 1 aromatic carbocycles. The van der Waals surface area contributed by atoms with Crippen molar-refractivity contribution in [2.45, 2.75) is 45.1 Å². The van der Waals surface area contributed by atoms with Crippen LogP contribution >= 0.6 is 0 Å². The third-order valence-corrected chi connectivity index (χ3v) is 4.68. The van der Waals surface area contributed by atoms with Crippen LogP contribution in [0.15, 0.2) is 24.3 Å². The highest BCUT2D eigenvalue weighted by Crippen LogP contribution is 2.28. The molecule has 1 heterocycles. The monoisotopic (exact) mass is 286 g/mol. The topological polar surface area (TPSA) is 32.3 Å². The second-order valence-electron chi connectivity index (χ2n) is 6.67. The highest BCUT2D eigenvalue weighted by molar-refractivity contribution is 5.78. The Bertz CT molecular complexity index is 488. The normalized spacial score (nSPS) is 19.8. The minimum Gasteiger partial charge on any atom is -0.342 e. The second kappa shape index (κ2) is 6.61. The molecule has 0 radical (unpaired) electrons. The minimum absolute atomic E-state index is 0.279. The predicted octanol–water partition coefficient (Wildman–Crippen LogP) is 2.53. The summed E-state index contributed by atoms with van der Waals surface area (Å²) in [6.45, 7) is 5.08. The van der Waals surface area contributed by atoms with Gasteiger partial charge < -0.3 is 10.2 Å². The Balaban J connectivity index is 1.43. The molecule has 1 aliphatic heterocycles. The number of carbonyl (C=O) groups is 1. The first-order valence-corrected chi connectivity index (χ1v) is 8.27. The second-order valence-corrected chi connectivity index (χ2v) is 6.67. The van der Waals surface area contributed by atoms with Crippen LogP contribution in [0.25, 0.3) is 0 Å². The number of piperidine rings is 1. The molecule has 0 unspecified atom stereocenters. The summed E-state index contributed by atoms with van der Waals surface area (Å²) in [5, 5.41) is 3.66. The summed E-state index contributed by atoms with van der Waals surface area (Å²) in [5.74, 6) is 1.22. The summed E-state index contributed by atoms with van der Waals surface area (Å²) in [4.78, 5) is 14.4. The number of hydrogen-bond donors (Lipinski definition) is 1. The minimum atomic E-state index is 0.279. The first kappa shape index (κ1) is 14.6. The van der Waals surface area contributed by atoms with E-state index in [1.807, 2.05) is 11.0 Å². The highest BCUT2D eigenvalue weighted by Gasteiger charge is 2.25. The van der Waals surface area contributed by atoms with E-state index in [2.05, 4.69) is 30.4 Å². The van der Waals surface area contributed by atoms with Gasteiger partial charge in [-0.05, 0) is 50.6 Å². The van der Waals surface area contributed by atoms with E-state index in [1.54, 1.807) is 0 Å². The summed E-state index contributed by atoms with van der Waals surface area (Å²) < 4.78 is 0. The molecular formula is C18H26N2O. The number of aryl methyl sites for hydroxylation is 1. The molecule has 1 aliphatic carbocycles. The Hall–Kier alpha value is -1.35. The van der Waals surface area contributed by atoms with Crippen molar-refractivity contribution < 1.29 is 4.79 Å². The summed E-state index contributed by atoms with van der Waals surface area (Å²) >= 11 is 0. The van der Waals surface area contributed by atoms with E-state index >= 15 is 0 Å². The molecule has 2 fully saturated rings. The van der Waals surface area contributed by atoms with Crippen molar-refractivity contribution in [2.75, 3.05) is 19.6 Å². The van der Waals surface area contributed by atoms with Crippen LogP contribution in [-0.4, -0.2) is 36.5 Å². The Morgan fingerprint density at radius 1 is 1.24 bits per heavy atom. The standard InChI is InChI=1S/C18H26N2O/c1-14-3-2-4-16(11-14)12-18(21)20-9-7-17(8-10-20)19-13-15-5-6-15/h2-4,11,15,17,19H,5-10,12-13H2,1H3. The molecule has 1 saturated carbocycles. The number of rotatable bonds is 5. The third kappa shape index (κ3) is 4.31. The molecule has 0 aromatic heterocycles. The van der Waals surface area contributed by atoms with Crippen LogP contribution < -0.4 is 5.32 Å². The van der Waals surface area contributed by atoms with Crippen molar-refractivity contribution >= 4 is 5.91 Å². The van der Waals surface area contributed by atoms with Crippen LogP contribution in [0, 0.1) is 12.8 Å². The van der Waals surface area contributed by atoms with Crippen molar-refractivity contribution in [3.05, 3.63) is 35.4 Å². The first-order valence-electron chi connectivity index (χ1n) is 8.27. The van der Waals surface area contributed by atoms with E-state index < -0.39 is 0 Å². The lowest BCUT2D eigenvalue weighted by molar-refractivity contribution is -0.131. The van der Waals surface area contributed by atoms with E-state index in [0.717, 1.165) is 37.4 Å². The van der Waals surface area contributed by atoms with Crippen LogP contribution in [0.5, 0.6) is 0 Å². The molecule has 1 aromatic rings. The number of hydrogen-bond acceptors (Lipinski definition) is 2. The fourth-order valence-corrected chi connectivity index (χ4v) is 3.10. The lowest BCUT2D eigenvalue weighted by atomic mass is 10.0. The predicted molar refractivity (Wildman–Crippen MR) is 85.2 cm³/mol. The van der Waals surface area contributed by atoms with Gasteiger partial charge in [-0.25, -0.2) is 0 Å². The van der Waals surface area contributed by atoms with Crippen molar-refractivity contribution in [1.29, 1.82) is 0 Å². The number of carbonyl (C=O) groups excluding carboxylic acids is 1. The Kier molecular flexibility index (Phi) is 4.59. The van der Waals surface area contributed by atoms with E-state index in [0.29, 0.717) is 12.5 Å². The number of amides is 1. The van der Waals surface area contributed by atoms with E-state index in [4.69, 9.17) is 0 Å². The zero-order valence-corrected chi connectivity index (χ0v) is 13.0. The lowest BCUT2D eigenvalue weighted by Gasteiger charge is -2.32. The zero-order chi connectivity index (χ0) is 14.7. The van der Waals surface area contributed by atoms with Gasteiger partial charge in [0.1, 0.15) is 0 Å². The highest BCUT2D eigenvalue weighted by atomic mass is 16.2. The SMILES string of the molecule is Cc1cccc(CC(=O)N2CCC(NCC3CC3)CC2)c1.